The summed E-state index contributed by atoms with van der Waals surface area (Å²) in [7, 11) is 0. The van der Waals surface area contributed by atoms with E-state index in [0.29, 0.717) is 31.2 Å². The molecule has 2 aromatic carbocycles. The number of nitrogens with zero attached hydrogens (tertiary/aromatic N) is 2. The molecule has 28 heavy (non-hydrogen) atoms. The molecule has 6 nitrogen and oxygen atoms in total. The number of benzene rings is 2. The number of hydrogen-bond acceptors (Lipinski definition) is 5. The molecule has 1 aliphatic rings. The molecule has 1 atom stereocenters. The summed E-state index contributed by atoms with van der Waals surface area (Å²) < 4.78 is 24.1. The van der Waals surface area contributed by atoms with Crippen LogP contribution >= 0.6 is 0 Å². The second kappa shape index (κ2) is 8.22. The van der Waals surface area contributed by atoms with E-state index in [1.54, 1.807) is 17.0 Å². The van der Waals surface area contributed by atoms with E-state index in [1.165, 1.54) is 18.4 Å². The first-order valence-corrected chi connectivity index (χ1v) is 9.09. The number of rotatable bonds is 4. The number of nitrogens with one attached hydrogen (secondary N) is 1. The van der Waals surface area contributed by atoms with Gasteiger partial charge in [0.15, 0.2) is 0 Å². The van der Waals surface area contributed by atoms with Gasteiger partial charge in [0.25, 0.3) is 0 Å². The van der Waals surface area contributed by atoms with Crippen LogP contribution in [-0.4, -0.2) is 35.6 Å². The van der Waals surface area contributed by atoms with Crippen LogP contribution in [-0.2, 0) is 11.3 Å². The molecule has 0 unspecified atom stereocenters. The van der Waals surface area contributed by atoms with Crippen LogP contribution in [0.2, 0.25) is 0 Å². The van der Waals surface area contributed by atoms with Crippen LogP contribution < -0.4 is 5.32 Å². The Kier molecular flexibility index (Phi) is 5.34. The van der Waals surface area contributed by atoms with E-state index < -0.39 is 0 Å². The van der Waals surface area contributed by atoms with Crippen molar-refractivity contribution >= 4 is 6.09 Å². The van der Waals surface area contributed by atoms with Crippen molar-refractivity contribution in [2.45, 2.75) is 12.6 Å². The number of amides is 1. The fraction of sp³-hybridized carbons (Fsp3) is 0.238. The number of hydrogen-bond donors (Lipinski definition) is 1. The smallest absolute Gasteiger partial charge is 0.410 e. The molecule has 1 fully saturated rings. The molecule has 0 saturated carbocycles. The van der Waals surface area contributed by atoms with Gasteiger partial charge in [-0.1, -0.05) is 30.3 Å². The predicted molar refractivity (Wildman–Crippen MR) is 101 cm³/mol. The van der Waals surface area contributed by atoms with E-state index in [0.717, 1.165) is 11.1 Å². The van der Waals surface area contributed by atoms with E-state index in [-0.39, 0.29) is 24.6 Å². The normalized spacial score (nSPS) is 16.8. The first-order valence-electron chi connectivity index (χ1n) is 9.09. The number of carbonyl (C=O) groups is 1. The third kappa shape index (κ3) is 4.20. The number of carbonyl (C=O) groups excluding carboxylic acids is 1. The Hall–Kier alpha value is -3.19. The van der Waals surface area contributed by atoms with Crippen LogP contribution in [0.25, 0.3) is 11.3 Å². The summed E-state index contributed by atoms with van der Waals surface area (Å²) in [6.07, 6.45) is 1.18. The average molecular weight is 381 g/mol. The number of oxazole rings is 1. The second-order valence-electron chi connectivity index (χ2n) is 6.57. The quantitative estimate of drug-likeness (QED) is 0.745. The first kappa shape index (κ1) is 18.2. The summed E-state index contributed by atoms with van der Waals surface area (Å²) in [5, 5.41) is 3.30. The lowest BCUT2D eigenvalue weighted by Gasteiger charge is -2.31. The Bertz CT molecular complexity index is 928. The Morgan fingerprint density at radius 2 is 2.00 bits per heavy atom. The SMILES string of the molecule is O=C(OCc1ccccc1)N1CCN[C@H](c2nc(-c3ccc(F)cc3)co2)C1. The fourth-order valence-electron chi connectivity index (χ4n) is 3.09. The highest BCUT2D eigenvalue weighted by atomic mass is 19.1. The third-order valence-electron chi connectivity index (χ3n) is 4.60. The van der Waals surface area contributed by atoms with Crippen molar-refractivity contribution in [3.8, 4) is 11.3 Å². The Morgan fingerprint density at radius 1 is 1.21 bits per heavy atom. The highest BCUT2D eigenvalue weighted by Gasteiger charge is 2.28. The Labute approximate surface area is 161 Å². The Balaban J connectivity index is 1.38. The molecule has 0 bridgehead atoms. The van der Waals surface area contributed by atoms with Gasteiger partial charge in [-0.05, 0) is 29.8 Å². The van der Waals surface area contributed by atoms with Gasteiger partial charge in [-0.25, -0.2) is 14.2 Å². The van der Waals surface area contributed by atoms with Crippen LogP contribution in [0.5, 0.6) is 0 Å². The maximum atomic E-state index is 13.1. The summed E-state index contributed by atoms with van der Waals surface area (Å²) in [5.74, 6) is 0.186. The van der Waals surface area contributed by atoms with Crippen LogP contribution in [0.4, 0.5) is 9.18 Å². The van der Waals surface area contributed by atoms with Gasteiger partial charge in [0.1, 0.15) is 30.4 Å². The highest BCUT2D eigenvalue weighted by molar-refractivity contribution is 5.68. The van der Waals surface area contributed by atoms with Crippen molar-refractivity contribution in [2.24, 2.45) is 0 Å². The molecule has 2 heterocycles. The lowest BCUT2D eigenvalue weighted by molar-refractivity contribution is 0.0827. The predicted octanol–water partition coefficient (Wildman–Crippen LogP) is 3.76. The standard InChI is InChI=1S/C21H20FN3O3/c22-17-8-6-16(7-9-17)19-14-27-20(24-19)18-12-25(11-10-23-18)21(26)28-13-15-4-2-1-3-5-15/h1-9,14,18,23H,10-13H2/t18-/m0/s1. The summed E-state index contributed by atoms with van der Waals surface area (Å²) in [6.45, 7) is 1.80. The average Bonchev–Trinajstić information content (AvgIpc) is 3.24. The summed E-state index contributed by atoms with van der Waals surface area (Å²) in [4.78, 5) is 18.5. The van der Waals surface area contributed by atoms with Gasteiger partial charge in [-0.2, -0.15) is 0 Å². The zero-order valence-electron chi connectivity index (χ0n) is 15.2. The number of aromatic nitrogens is 1. The minimum Gasteiger partial charge on any atom is -0.447 e. The summed E-state index contributed by atoms with van der Waals surface area (Å²) >= 11 is 0. The maximum Gasteiger partial charge on any atom is 0.410 e. The van der Waals surface area contributed by atoms with Crippen LogP contribution in [0.1, 0.15) is 17.5 Å². The zero-order valence-corrected chi connectivity index (χ0v) is 15.2. The molecule has 4 rings (SSSR count). The van der Waals surface area contributed by atoms with Crippen molar-refractivity contribution in [1.82, 2.24) is 15.2 Å². The molecule has 1 N–H and O–H groups in total. The lowest BCUT2D eigenvalue weighted by Crippen LogP contribution is -2.48. The van der Waals surface area contributed by atoms with Crippen LogP contribution in [0.3, 0.4) is 0 Å². The van der Waals surface area contributed by atoms with E-state index >= 15 is 0 Å². The molecule has 1 amide bonds. The molecular weight excluding hydrogens is 361 g/mol. The minimum atomic E-state index is -0.360. The molecule has 0 aliphatic carbocycles. The van der Waals surface area contributed by atoms with Crippen molar-refractivity contribution in [3.63, 3.8) is 0 Å². The van der Waals surface area contributed by atoms with E-state index in [1.807, 2.05) is 30.3 Å². The molecule has 144 valence electrons. The molecule has 7 heteroatoms. The monoisotopic (exact) mass is 381 g/mol. The molecule has 3 aromatic rings. The van der Waals surface area contributed by atoms with E-state index in [9.17, 15) is 9.18 Å². The highest BCUT2D eigenvalue weighted by Crippen LogP contribution is 2.23. The maximum absolute atomic E-state index is 13.1. The Morgan fingerprint density at radius 3 is 2.79 bits per heavy atom. The second-order valence-corrected chi connectivity index (χ2v) is 6.57. The van der Waals surface area contributed by atoms with E-state index in [2.05, 4.69) is 10.3 Å². The van der Waals surface area contributed by atoms with Crippen molar-refractivity contribution in [1.29, 1.82) is 0 Å². The summed E-state index contributed by atoms with van der Waals surface area (Å²) in [5.41, 5.74) is 2.34. The van der Waals surface area contributed by atoms with Gasteiger partial charge in [-0.15, -0.1) is 0 Å². The van der Waals surface area contributed by atoms with Crippen molar-refractivity contribution < 1.29 is 18.3 Å². The van der Waals surface area contributed by atoms with Gasteiger partial charge in [0, 0.05) is 25.2 Å². The molecule has 0 spiro atoms. The van der Waals surface area contributed by atoms with Gasteiger partial charge in [0.05, 0.1) is 0 Å². The van der Waals surface area contributed by atoms with Crippen LogP contribution in [0, 0.1) is 5.82 Å². The third-order valence-corrected chi connectivity index (χ3v) is 4.60. The molecule has 1 aliphatic heterocycles. The fourth-order valence-corrected chi connectivity index (χ4v) is 3.09. The van der Waals surface area contributed by atoms with Crippen molar-refractivity contribution in [3.05, 3.63) is 78.1 Å². The van der Waals surface area contributed by atoms with Gasteiger partial charge in [0.2, 0.25) is 5.89 Å². The molecule has 1 aromatic heterocycles. The van der Waals surface area contributed by atoms with Crippen molar-refractivity contribution in [2.75, 3.05) is 19.6 Å². The number of halogens is 1. The zero-order chi connectivity index (χ0) is 19.3. The van der Waals surface area contributed by atoms with Gasteiger partial charge < -0.3 is 19.4 Å². The van der Waals surface area contributed by atoms with Gasteiger partial charge >= 0.3 is 6.09 Å². The topological polar surface area (TPSA) is 67.6 Å². The minimum absolute atomic E-state index is 0.229. The largest absolute Gasteiger partial charge is 0.447 e. The van der Waals surface area contributed by atoms with E-state index in [4.69, 9.17) is 9.15 Å². The lowest BCUT2D eigenvalue weighted by atomic mass is 10.2. The molecule has 0 radical (unpaired) electrons. The summed E-state index contributed by atoms with van der Waals surface area (Å²) in [6, 6.07) is 15.4. The first-order chi connectivity index (χ1) is 13.7. The van der Waals surface area contributed by atoms with Gasteiger partial charge in [-0.3, -0.25) is 0 Å². The number of ether oxygens (including phenoxy) is 1. The van der Waals surface area contributed by atoms with Crippen LogP contribution in [0.15, 0.2) is 65.3 Å². The number of piperazine rings is 1. The molecule has 1 saturated heterocycles. The molecular formula is C21H20FN3O3.